The lowest BCUT2D eigenvalue weighted by Gasteiger charge is -2.29. The van der Waals surface area contributed by atoms with Gasteiger partial charge in [0.25, 0.3) is 0 Å². The molecule has 26 heavy (non-hydrogen) atoms. The summed E-state index contributed by atoms with van der Waals surface area (Å²) >= 11 is 0. The van der Waals surface area contributed by atoms with Gasteiger partial charge in [0.2, 0.25) is 5.91 Å². The van der Waals surface area contributed by atoms with E-state index < -0.39 is 0 Å². The number of carbonyl (C=O) groups is 2. The Morgan fingerprint density at radius 1 is 1.27 bits per heavy atom. The first-order valence-corrected chi connectivity index (χ1v) is 9.41. The number of hydrogen-bond donors (Lipinski definition) is 2. The van der Waals surface area contributed by atoms with Crippen molar-refractivity contribution in [2.45, 2.75) is 64.5 Å². The van der Waals surface area contributed by atoms with Gasteiger partial charge in [-0.2, -0.15) is 0 Å². The molecule has 0 aliphatic carbocycles. The molecule has 1 amide bonds. The fourth-order valence-electron chi connectivity index (χ4n) is 3.38. The summed E-state index contributed by atoms with van der Waals surface area (Å²) in [6, 6.07) is 8.11. The molecule has 1 aliphatic rings. The molecule has 1 fully saturated rings. The number of amides is 1. The number of hydrogen-bond acceptors (Lipinski definition) is 4. The molecule has 144 valence electrons. The van der Waals surface area contributed by atoms with Crippen molar-refractivity contribution in [2.75, 3.05) is 13.7 Å². The van der Waals surface area contributed by atoms with Crippen LogP contribution in [-0.2, 0) is 19.7 Å². The van der Waals surface area contributed by atoms with Gasteiger partial charge in [-0.1, -0.05) is 45.0 Å². The number of ether oxygens (including phenoxy) is 1. The number of piperidine rings is 1. The maximum Gasteiger partial charge on any atom is 0.307 e. The molecule has 1 aromatic rings. The molecule has 5 nitrogen and oxygen atoms in total. The summed E-state index contributed by atoms with van der Waals surface area (Å²) in [5, 5.41) is 6.44. The topological polar surface area (TPSA) is 67.4 Å². The van der Waals surface area contributed by atoms with Crippen LogP contribution in [0.1, 0.15) is 64.1 Å². The highest BCUT2D eigenvalue weighted by Gasteiger charge is 2.28. The maximum absolute atomic E-state index is 12.7. The van der Waals surface area contributed by atoms with Gasteiger partial charge in [0.05, 0.1) is 19.6 Å². The van der Waals surface area contributed by atoms with E-state index in [2.05, 4.69) is 50.5 Å². The van der Waals surface area contributed by atoms with Crippen LogP contribution in [0.3, 0.4) is 0 Å². The summed E-state index contributed by atoms with van der Waals surface area (Å²) in [7, 11) is 1.37. The van der Waals surface area contributed by atoms with Gasteiger partial charge in [-0.15, -0.1) is 0 Å². The minimum absolute atomic E-state index is 0.0137. The number of methoxy groups -OCH3 is 1. The first-order chi connectivity index (χ1) is 12.2. The first kappa shape index (κ1) is 20.4. The van der Waals surface area contributed by atoms with Crippen LogP contribution in [0.4, 0.5) is 0 Å². The van der Waals surface area contributed by atoms with Crippen molar-refractivity contribution in [2.24, 2.45) is 5.92 Å². The fourth-order valence-corrected chi connectivity index (χ4v) is 3.38. The van der Waals surface area contributed by atoms with Gasteiger partial charge in [-0.05, 0) is 42.9 Å². The van der Waals surface area contributed by atoms with Gasteiger partial charge >= 0.3 is 5.97 Å². The van der Waals surface area contributed by atoms with E-state index >= 15 is 0 Å². The smallest absolute Gasteiger partial charge is 0.307 e. The first-order valence-electron chi connectivity index (χ1n) is 9.41. The van der Waals surface area contributed by atoms with Gasteiger partial charge in [0.15, 0.2) is 0 Å². The lowest BCUT2D eigenvalue weighted by molar-refractivity contribution is -0.141. The van der Waals surface area contributed by atoms with E-state index in [1.165, 1.54) is 12.7 Å². The number of rotatable bonds is 5. The third-order valence-electron chi connectivity index (χ3n) is 5.09. The van der Waals surface area contributed by atoms with Crippen molar-refractivity contribution in [1.82, 2.24) is 10.6 Å². The summed E-state index contributed by atoms with van der Waals surface area (Å²) < 4.78 is 4.82. The zero-order chi connectivity index (χ0) is 19.3. The highest BCUT2D eigenvalue weighted by atomic mass is 16.5. The predicted octanol–water partition coefficient (Wildman–Crippen LogP) is 3.09. The number of carbonyl (C=O) groups excluding carboxylic acids is 2. The number of esters is 1. The van der Waals surface area contributed by atoms with Crippen molar-refractivity contribution < 1.29 is 14.3 Å². The molecule has 1 heterocycles. The largest absolute Gasteiger partial charge is 0.469 e. The highest BCUT2D eigenvalue weighted by Crippen LogP contribution is 2.26. The number of benzene rings is 1. The zero-order valence-electron chi connectivity index (χ0n) is 16.6. The molecule has 0 saturated carbocycles. The molecule has 0 spiro atoms. The van der Waals surface area contributed by atoms with Gasteiger partial charge in [0, 0.05) is 12.0 Å². The normalized spacial score (nSPS) is 21.7. The summed E-state index contributed by atoms with van der Waals surface area (Å²) in [6.45, 7) is 9.42. The molecular formula is C21H32N2O3. The van der Waals surface area contributed by atoms with Gasteiger partial charge < -0.3 is 15.4 Å². The Bertz CT molecular complexity index is 619. The van der Waals surface area contributed by atoms with Crippen LogP contribution in [-0.4, -0.2) is 31.6 Å². The molecule has 1 aliphatic heterocycles. The second kappa shape index (κ2) is 8.67. The Hall–Kier alpha value is -1.88. The molecular weight excluding hydrogens is 328 g/mol. The van der Waals surface area contributed by atoms with Crippen molar-refractivity contribution in [1.29, 1.82) is 0 Å². The highest BCUT2D eigenvalue weighted by molar-refractivity contribution is 5.80. The van der Waals surface area contributed by atoms with Gasteiger partial charge in [-0.25, -0.2) is 0 Å². The molecule has 5 heteroatoms. The molecule has 0 radical (unpaired) electrons. The van der Waals surface area contributed by atoms with E-state index in [0.29, 0.717) is 6.04 Å². The Labute approximate surface area is 156 Å². The Kier molecular flexibility index (Phi) is 6.81. The van der Waals surface area contributed by atoms with Crippen molar-refractivity contribution >= 4 is 11.9 Å². The second-order valence-electron chi connectivity index (χ2n) is 8.29. The maximum atomic E-state index is 12.7. The van der Waals surface area contributed by atoms with Gasteiger partial charge in [-0.3, -0.25) is 9.59 Å². The van der Waals surface area contributed by atoms with Crippen LogP contribution >= 0.6 is 0 Å². The second-order valence-corrected chi connectivity index (χ2v) is 8.29. The summed E-state index contributed by atoms with van der Waals surface area (Å²) in [5.74, 6) is -0.318. The monoisotopic (exact) mass is 360 g/mol. The minimum Gasteiger partial charge on any atom is -0.469 e. The van der Waals surface area contributed by atoms with Crippen LogP contribution in [0.25, 0.3) is 0 Å². The third-order valence-corrected chi connectivity index (χ3v) is 5.09. The SMILES string of the molecule is COC(=O)CC(NC(=O)[C@H]1CCN[C@@H](C)C1)c1ccc(C(C)(C)C)cc1. The molecule has 0 aromatic heterocycles. The quantitative estimate of drug-likeness (QED) is 0.792. The molecule has 1 unspecified atom stereocenters. The molecule has 1 aromatic carbocycles. The van der Waals surface area contributed by atoms with E-state index in [4.69, 9.17) is 4.74 Å². The summed E-state index contributed by atoms with van der Waals surface area (Å²) in [5.41, 5.74) is 2.21. The lowest BCUT2D eigenvalue weighted by Crippen LogP contribution is -2.43. The molecule has 1 saturated heterocycles. The Morgan fingerprint density at radius 2 is 1.92 bits per heavy atom. The predicted molar refractivity (Wildman–Crippen MR) is 103 cm³/mol. The van der Waals surface area contributed by atoms with E-state index in [0.717, 1.165) is 24.9 Å². The van der Waals surface area contributed by atoms with Crippen LogP contribution in [0, 0.1) is 5.92 Å². The van der Waals surface area contributed by atoms with Crippen molar-refractivity contribution in [3.05, 3.63) is 35.4 Å². The van der Waals surface area contributed by atoms with Crippen LogP contribution in [0.2, 0.25) is 0 Å². The average Bonchev–Trinajstić information content (AvgIpc) is 2.60. The van der Waals surface area contributed by atoms with E-state index in [1.807, 2.05) is 12.1 Å². The Morgan fingerprint density at radius 3 is 2.46 bits per heavy atom. The molecule has 2 rings (SSSR count). The number of nitrogens with one attached hydrogen (secondary N) is 2. The van der Waals surface area contributed by atoms with E-state index in [-0.39, 0.29) is 35.7 Å². The standard InChI is InChI=1S/C21H32N2O3/c1-14-12-16(10-11-22-14)20(25)23-18(13-19(24)26-5)15-6-8-17(9-7-15)21(2,3)4/h6-9,14,16,18,22H,10-13H2,1-5H3,(H,23,25)/t14-,16-,18?/m0/s1. The average molecular weight is 360 g/mol. The minimum atomic E-state index is -0.367. The molecule has 2 N–H and O–H groups in total. The van der Waals surface area contributed by atoms with Gasteiger partial charge in [0.1, 0.15) is 0 Å². The molecule has 0 bridgehead atoms. The van der Waals surface area contributed by atoms with E-state index in [1.54, 1.807) is 0 Å². The third kappa shape index (κ3) is 5.56. The lowest BCUT2D eigenvalue weighted by atomic mass is 9.86. The fraction of sp³-hybridized carbons (Fsp3) is 0.619. The summed E-state index contributed by atoms with van der Waals surface area (Å²) in [4.78, 5) is 24.6. The van der Waals surface area contributed by atoms with Crippen LogP contribution in [0.5, 0.6) is 0 Å². The van der Waals surface area contributed by atoms with Crippen molar-refractivity contribution in [3.63, 3.8) is 0 Å². The Balaban J connectivity index is 2.15. The van der Waals surface area contributed by atoms with Crippen LogP contribution < -0.4 is 10.6 Å². The molecule has 3 atom stereocenters. The van der Waals surface area contributed by atoms with Crippen molar-refractivity contribution in [3.8, 4) is 0 Å². The summed E-state index contributed by atoms with van der Waals surface area (Å²) in [6.07, 6.45) is 1.78. The van der Waals surface area contributed by atoms with E-state index in [9.17, 15) is 9.59 Å². The van der Waals surface area contributed by atoms with Crippen LogP contribution in [0.15, 0.2) is 24.3 Å². The zero-order valence-corrected chi connectivity index (χ0v) is 16.6.